The highest BCUT2D eigenvalue weighted by molar-refractivity contribution is 7.89. The van der Waals surface area contributed by atoms with Crippen molar-refractivity contribution in [1.82, 2.24) is 9.21 Å². The van der Waals surface area contributed by atoms with E-state index >= 15 is 0 Å². The quantitative estimate of drug-likeness (QED) is 0.771. The summed E-state index contributed by atoms with van der Waals surface area (Å²) in [4.78, 5) is 14.4. The van der Waals surface area contributed by atoms with Crippen molar-refractivity contribution in [3.63, 3.8) is 0 Å². The number of aryl methyl sites for hydroxylation is 3. The fourth-order valence-electron chi connectivity index (χ4n) is 3.35. The van der Waals surface area contributed by atoms with Crippen LogP contribution in [0.3, 0.4) is 0 Å². The van der Waals surface area contributed by atoms with Crippen LogP contribution in [0.5, 0.6) is 5.75 Å². The molecule has 0 radical (unpaired) electrons. The maximum atomic E-state index is 12.9. The zero-order valence-electron chi connectivity index (χ0n) is 16.5. The average Bonchev–Trinajstić information content (AvgIpc) is 2.66. The lowest BCUT2D eigenvalue weighted by Crippen LogP contribution is -2.51. The summed E-state index contributed by atoms with van der Waals surface area (Å²) in [7, 11) is -3.55. The molecular weight excluding hydrogens is 376 g/mol. The molecule has 0 unspecified atom stereocenters. The van der Waals surface area contributed by atoms with E-state index in [1.165, 1.54) is 4.31 Å². The van der Waals surface area contributed by atoms with Crippen LogP contribution in [-0.2, 0) is 14.8 Å². The lowest BCUT2D eigenvalue weighted by atomic mass is 10.2. The van der Waals surface area contributed by atoms with Crippen LogP contribution >= 0.6 is 0 Å². The van der Waals surface area contributed by atoms with Crippen LogP contribution in [-0.4, -0.2) is 56.3 Å². The first-order chi connectivity index (χ1) is 13.3. The maximum Gasteiger partial charge on any atom is 0.260 e. The normalized spacial score (nSPS) is 15.5. The Morgan fingerprint density at radius 3 is 2.29 bits per heavy atom. The molecule has 1 saturated heterocycles. The van der Waals surface area contributed by atoms with E-state index in [9.17, 15) is 13.2 Å². The smallest absolute Gasteiger partial charge is 0.260 e. The summed E-state index contributed by atoms with van der Waals surface area (Å²) in [5, 5.41) is 0. The van der Waals surface area contributed by atoms with Gasteiger partial charge in [0.25, 0.3) is 5.91 Å². The van der Waals surface area contributed by atoms with Gasteiger partial charge in [0, 0.05) is 26.2 Å². The fraction of sp³-hybridized carbons (Fsp3) is 0.381. The molecule has 7 heteroatoms. The molecule has 2 aromatic rings. The number of amides is 1. The average molecular weight is 403 g/mol. The van der Waals surface area contributed by atoms with Crippen molar-refractivity contribution in [2.45, 2.75) is 25.7 Å². The molecule has 150 valence electrons. The van der Waals surface area contributed by atoms with Crippen LogP contribution in [0, 0.1) is 20.8 Å². The topological polar surface area (TPSA) is 66.9 Å². The molecular formula is C21H26N2O4S. The van der Waals surface area contributed by atoms with E-state index in [-0.39, 0.29) is 25.6 Å². The Hall–Kier alpha value is -2.38. The molecule has 1 aliphatic heterocycles. The third-order valence-corrected chi connectivity index (χ3v) is 6.95. The van der Waals surface area contributed by atoms with E-state index in [0.717, 1.165) is 16.7 Å². The van der Waals surface area contributed by atoms with Gasteiger partial charge in [0.05, 0.1) is 4.90 Å². The molecule has 1 aliphatic rings. The second kappa shape index (κ2) is 8.32. The molecule has 0 saturated carbocycles. The van der Waals surface area contributed by atoms with Gasteiger partial charge in [0.2, 0.25) is 10.0 Å². The fourth-order valence-corrected chi connectivity index (χ4v) is 4.98. The first-order valence-corrected chi connectivity index (χ1v) is 10.8. The van der Waals surface area contributed by atoms with Gasteiger partial charge in [-0.3, -0.25) is 4.79 Å². The minimum atomic E-state index is -3.55. The van der Waals surface area contributed by atoms with Crippen molar-refractivity contribution >= 4 is 15.9 Å². The molecule has 0 spiro atoms. The van der Waals surface area contributed by atoms with E-state index in [1.54, 1.807) is 11.0 Å². The standard InChI is InChI=1S/C21H26N2O4S/c1-16-5-4-6-19(14-16)27-15-21(24)22-9-11-23(12-10-22)28(25,26)20-8-7-17(2)13-18(20)3/h4-8,13-14H,9-12,15H2,1-3H3. The van der Waals surface area contributed by atoms with Gasteiger partial charge < -0.3 is 9.64 Å². The Labute approximate surface area is 166 Å². The number of benzene rings is 2. The van der Waals surface area contributed by atoms with Gasteiger partial charge in [-0.2, -0.15) is 4.31 Å². The number of nitrogens with zero attached hydrogens (tertiary/aromatic N) is 2. The molecule has 28 heavy (non-hydrogen) atoms. The summed E-state index contributed by atoms with van der Waals surface area (Å²) >= 11 is 0. The predicted octanol–water partition coefficient (Wildman–Crippen LogP) is 2.52. The highest BCUT2D eigenvalue weighted by atomic mass is 32.2. The second-order valence-electron chi connectivity index (χ2n) is 7.16. The molecule has 1 fully saturated rings. The van der Waals surface area contributed by atoms with E-state index < -0.39 is 10.0 Å². The minimum absolute atomic E-state index is 0.0483. The van der Waals surface area contributed by atoms with Gasteiger partial charge in [-0.05, 0) is 50.1 Å². The number of hydrogen-bond donors (Lipinski definition) is 0. The molecule has 0 bridgehead atoms. The lowest BCUT2D eigenvalue weighted by molar-refractivity contribution is -0.134. The van der Waals surface area contributed by atoms with Gasteiger partial charge in [0.1, 0.15) is 5.75 Å². The van der Waals surface area contributed by atoms with Gasteiger partial charge in [-0.25, -0.2) is 8.42 Å². The van der Waals surface area contributed by atoms with Crippen molar-refractivity contribution in [2.75, 3.05) is 32.8 Å². The number of ether oxygens (including phenoxy) is 1. The van der Waals surface area contributed by atoms with Crippen LogP contribution in [0.4, 0.5) is 0 Å². The van der Waals surface area contributed by atoms with Crippen molar-refractivity contribution in [3.05, 3.63) is 59.2 Å². The van der Waals surface area contributed by atoms with Gasteiger partial charge in [-0.1, -0.05) is 29.8 Å². The van der Waals surface area contributed by atoms with Gasteiger partial charge in [-0.15, -0.1) is 0 Å². The highest BCUT2D eigenvalue weighted by Gasteiger charge is 2.31. The first-order valence-electron chi connectivity index (χ1n) is 9.32. The molecule has 0 aliphatic carbocycles. The number of carbonyl (C=O) groups is 1. The molecule has 3 rings (SSSR count). The zero-order chi connectivity index (χ0) is 20.3. The maximum absolute atomic E-state index is 12.9. The van der Waals surface area contributed by atoms with E-state index in [4.69, 9.17) is 4.74 Å². The van der Waals surface area contributed by atoms with Crippen LogP contribution in [0.1, 0.15) is 16.7 Å². The first kappa shape index (κ1) is 20.4. The molecule has 6 nitrogen and oxygen atoms in total. The van der Waals surface area contributed by atoms with Gasteiger partial charge >= 0.3 is 0 Å². The van der Waals surface area contributed by atoms with Crippen molar-refractivity contribution in [1.29, 1.82) is 0 Å². The lowest BCUT2D eigenvalue weighted by Gasteiger charge is -2.34. The Balaban J connectivity index is 1.58. The minimum Gasteiger partial charge on any atom is -0.484 e. The molecule has 2 aromatic carbocycles. The summed E-state index contributed by atoms with van der Waals surface area (Å²) in [5.74, 6) is 0.523. The van der Waals surface area contributed by atoms with Crippen LogP contribution in [0.25, 0.3) is 0 Å². The predicted molar refractivity (Wildman–Crippen MR) is 108 cm³/mol. The summed E-state index contributed by atoms with van der Waals surface area (Å²) in [6, 6.07) is 12.9. The molecule has 1 amide bonds. The van der Waals surface area contributed by atoms with Gasteiger partial charge in [0.15, 0.2) is 6.61 Å². The third-order valence-electron chi connectivity index (χ3n) is 4.89. The van der Waals surface area contributed by atoms with E-state index in [0.29, 0.717) is 23.7 Å². The van der Waals surface area contributed by atoms with Crippen LogP contribution < -0.4 is 4.74 Å². The molecule has 0 atom stereocenters. The largest absolute Gasteiger partial charge is 0.484 e. The third kappa shape index (κ3) is 4.54. The molecule has 0 N–H and O–H groups in total. The number of hydrogen-bond acceptors (Lipinski definition) is 4. The highest BCUT2D eigenvalue weighted by Crippen LogP contribution is 2.22. The monoisotopic (exact) mass is 402 g/mol. The van der Waals surface area contributed by atoms with E-state index in [2.05, 4.69) is 0 Å². The Bertz CT molecular complexity index is 964. The molecule has 1 heterocycles. The Morgan fingerprint density at radius 1 is 0.964 bits per heavy atom. The summed E-state index contributed by atoms with van der Waals surface area (Å²) in [6.45, 7) is 6.95. The number of piperazine rings is 1. The van der Waals surface area contributed by atoms with Crippen LogP contribution in [0.15, 0.2) is 47.4 Å². The zero-order valence-corrected chi connectivity index (χ0v) is 17.3. The summed E-state index contributed by atoms with van der Waals surface area (Å²) in [6.07, 6.45) is 0. The second-order valence-corrected chi connectivity index (χ2v) is 9.07. The van der Waals surface area contributed by atoms with Crippen LogP contribution in [0.2, 0.25) is 0 Å². The summed E-state index contributed by atoms with van der Waals surface area (Å²) < 4.78 is 32.9. The Kier molecular flexibility index (Phi) is 6.05. The van der Waals surface area contributed by atoms with E-state index in [1.807, 2.05) is 57.2 Å². The van der Waals surface area contributed by atoms with Crippen molar-refractivity contribution in [2.24, 2.45) is 0 Å². The molecule has 0 aromatic heterocycles. The number of sulfonamides is 1. The number of carbonyl (C=O) groups excluding carboxylic acids is 1. The SMILES string of the molecule is Cc1cccc(OCC(=O)N2CCN(S(=O)(=O)c3ccc(C)cc3C)CC2)c1. The Morgan fingerprint density at radius 2 is 1.64 bits per heavy atom. The van der Waals surface area contributed by atoms with Crippen molar-refractivity contribution < 1.29 is 17.9 Å². The summed E-state index contributed by atoms with van der Waals surface area (Å²) in [5.41, 5.74) is 2.83. The van der Waals surface area contributed by atoms with Crippen molar-refractivity contribution in [3.8, 4) is 5.75 Å². The number of rotatable bonds is 5.